The third kappa shape index (κ3) is 2.71. The van der Waals surface area contributed by atoms with Crippen molar-refractivity contribution in [2.45, 2.75) is 44.6 Å². The number of hydrogen-bond acceptors (Lipinski definition) is 3. The van der Waals surface area contributed by atoms with Crippen LogP contribution in [0, 0.1) is 11.8 Å². The van der Waals surface area contributed by atoms with Crippen molar-refractivity contribution in [3.05, 3.63) is 0 Å². The summed E-state index contributed by atoms with van der Waals surface area (Å²) in [5.41, 5.74) is 0. The molecule has 0 aromatic rings. The van der Waals surface area contributed by atoms with Crippen LogP contribution in [0.2, 0.25) is 0 Å². The monoisotopic (exact) mass is 211 g/mol. The number of esters is 1. The fourth-order valence-electron chi connectivity index (χ4n) is 3.07. The lowest BCUT2D eigenvalue weighted by atomic mass is 9.73. The van der Waals surface area contributed by atoms with Crippen LogP contribution >= 0.6 is 0 Å². The van der Waals surface area contributed by atoms with Crippen molar-refractivity contribution in [2.75, 3.05) is 13.7 Å². The minimum absolute atomic E-state index is 0.0817. The van der Waals surface area contributed by atoms with Gasteiger partial charge in [-0.05, 0) is 31.2 Å². The predicted molar refractivity (Wildman–Crippen MR) is 58.5 cm³/mol. The molecule has 0 aromatic heterocycles. The number of ether oxygens (including phenoxy) is 1. The van der Waals surface area contributed by atoms with E-state index < -0.39 is 0 Å². The lowest BCUT2D eigenvalue weighted by molar-refractivity contribution is -0.141. The molecule has 3 nitrogen and oxygen atoms in total. The van der Waals surface area contributed by atoms with E-state index in [-0.39, 0.29) is 5.97 Å². The highest BCUT2D eigenvalue weighted by Crippen LogP contribution is 2.35. The SMILES string of the molecule is COC(=O)C[C@H]1C[C@H]2CCCC[C@@H]2CN1. The van der Waals surface area contributed by atoms with Gasteiger partial charge in [-0.2, -0.15) is 0 Å². The average molecular weight is 211 g/mol. The van der Waals surface area contributed by atoms with E-state index in [0.717, 1.165) is 18.4 Å². The standard InChI is InChI=1S/C12H21NO2/c1-15-12(14)7-11-6-9-4-2-3-5-10(9)8-13-11/h9-11,13H,2-8H2,1H3/t9-,10-,11-/m1/s1. The summed E-state index contributed by atoms with van der Waals surface area (Å²) in [7, 11) is 1.47. The predicted octanol–water partition coefficient (Wildman–Crippen LogP) is 1.72. The minimum Gasteiger partial charge on any atom is -0.469 e. The van der Waals surface area contributed by atoms with Crippen LogP contribution in [0.25, 0.3) is 0 Å². The van der Waals surface area contributed by atoms with Crippen LogP contribution in [-0.4, -0.2) is 25.7 Å². The topological polar surface area (TPSA) is 38.3 Å². The Balaban J connectivity index is 1.83. The molecule has 1 N–H and O–H groups in total. The van der Waals surface area contributed by atoms with Gasteiger partial charge >= 0.3 is 5.97 Å². The maximum Gasteiger partial charge on any atom is 0.307 e. The third-order valence-electron chi connectivity index (χ3n) is 3.96. The Kier molecular flexibility index (Phi) is 3.62. The van der Waals surface area contributed by atoms with Gasteiger partial charge in [0.2, 0.25) is 0 Å². The molecule has 1 saturated heterocycles. The zero-order valence-electron chi connectivity index (χ0n) is 9.50. The van der Waals surface area contributed by atoms with Gasteiger partial charge in [0.25, 0.3) is 0 Å². The second-order valence-electron chi connectivity index (χ2n) is 4.93. The summed E-state index contributed by atoms with van der Waals surface area (Å²) in [6.45, 7) is 1.10. The molecule has 3 heteroatoms. The van der Waals surface area contributed by atoms with Gasteiger partial charge in [-0.25, -0.2) is 0 Å². The lowest BCUT2D eigenvalue weighted by Crippen LogP contribution is -2.45. The molecule has 0 aromatic carbocycles. The largest absolute Gasteiger partial charge is 0.469 e. The summed E-state index contributed by atoms with van der Waals surface area (Å²) in [5, 5.41) is 3.48. The Morgan fingerprint density at radius 1 is 1.33 bits per heavy atom. The highest BCUT2D eigenvalue weighted by Gasteiger charge is 2.32. The fourth-order valence-corrected chi connectivity index (χ4v) is 3.07. The Morgan fingerprint density at radius 3 is 2.80 bits per heavy atom. The van der Waals surface area contributed by atoms with Crippen molar-refractivity contribution >= 4 is 5.97 Å². The molecule has 1 aliphatic heterocycles. The second kappa shape index (κ2) is 4.97. The number of nitrogens with one attached hydrogen (secondary N) is 1. The number of hydrogen-bond donors (Lipinski definition) is 1. The van der Waals surface area contributed by atoms with Crippen LogP contribution in [0.5, 0.6) is 0 Å². The van der Waals surface area contributed by atoms with Crippen LogP contribution in [-0.2, 0) is 9.53 Å². The van der Waals surface area contributed by atoms with Gasteiger partial charge < -0.3 is 10.1 Å². The third-order valence-corrected chi connectivity index (χ3v) is 3.96. The maximum absolute atomic E-state index is 11.2. The van der Waals surface area contributed by atoms with Gasteiger partial charge in [0.05, 0.1) is 13.5 Å². The minimum atomic E-state index is -0.0817. The summed E-state index contributed by atoms with van der Waals surface area (Å²) >= 11 is 0. The van der Waals surface area contributed by atoms with E-state index in [4.69, 9.17) is 4.74 Å². The molecule has 0 amide bonds. The first-order valence-corrected chi connectivity index (χ1v) is 6.10. The highest BCUT2D eigenvalue weighted by molar-refractivity contribution is 5.69. The van der Waals surface area contributed by atoms with E-state index in [0.29, 0.717) is 12.5 Å². The molecule has 0 spiro atoms. The lowest BCUT2D eigenvalue weighted by Gasteiger charge is -2.39. The van der Waals surface area contributed by atoms with Crippen molar-refractivity contribution < 1.29 is 9.53 Å². The molecule has 2 rings (SSSR count). The molecular weight excluding hydrogens is 190 g/mol. The molecule has 0 radical (unpaired) electrons. The number of carbonyl (C=O) groups excluding carboxylic acids is 1. The molecule has 1 aliphatic carbocycles. The zero-order chi connectivity index (χ0) is 10.7. The van der Waals surface area contributed by atoms with Crippen molar-refractivity contribution in [3.8, 4) is 0 Å². The Morgan fingerprint density at radius 2 is 2.07 bits per heavy atom. The quantitative estimate of drug-likeness (QED) is 0.707. The summed E-state index contributed by atoms with van der Waals surface area (Å²) in [5.74, 6) is 1.64. The van der Waals surface area contributed by atoms with Crippen molar-refractivity contribution in [1.82, 2.24) is 5.32 Å². The zero-order valence-corrected chi connectivity index (χ0v) is 9.50. The van der Waals surface area contributed by atoms with E-state index in [1.807, 2.05) is 0 Å². The van der Waals surface area contributed by atoms with E-state index in [1.54, 1.807) is 0 Å². The summed E-state index contributed by atoms with van der Waals surface area (Å²) < 4.78 is 4.71. The Bertz CT molecular complexity index is 230. The number of rotatable bonds is 2. The van der Waals surface area contributed by atoms with Gasteiger partial charge in [-0.15, -0.1) is 0 Å². The van der Waals surface area contributed by atoms with Gasteiger partial charge in [-0.1, -0.05) is 19.3 Å². The molecule has 2 aliphatic rings. The Hall–Kier alpha value is -0.570. The van der Waals surface area contributed by atoms with Crippen LogP contribution in [0.4, 0.5) is 0 Å². The van der Waals surface area contributed by atoms with Crippen LogP contribution in [0.15, 0.2) is 0 Å². The fraction of sp³-hybridized carbons (Fsp3) is 0.917. The van der Waals surface area contributed by atoms with E-state index in [9.17, 15) is 4.79 Å². The molecule has 1 heterocycles. The molecular formula is C12H21NO2. The molecule has 15 heavy (non-hydrogen) atoms. The van der Waals surface area contributed by atoms with Crippen molar-refractivity contribution in [1.29, 1.82) is 0 Å². The van der Waals surface area contributed by atoms with E-state index in [1.165, 1.54) is 39.2 Å². The number of fused-ring (bicyclic) bond motifs is 1. The van der Waals surface area contributed by atoms with Gasteiger partial charge in [0.1, 0.15) is 0 Å². The van der Waals surface area contributed by atoms with Gasteiger partial charge in [0, 0.05) is 6.04 Å². The normalized spacial score (nSPS) is 35.7. The van der Waals surface area contributed by atoms with Gasteiger partial charge in [0.15, 0.2) is 0 Å². The molecule has 86 valence electrons. The summed E-state index contributed by atoms with van der Waals surface area (Å²) in [4.78, 5) is 11.2. The first-order valence-electron chi connectivity index (χ1n) is 6.10. The molecule has 1 saturated carbocycles. The van der Waals surface area contributed by atoms with Crippen LogP contribution < -0.4 is 5.32 Å². The maximum atomic E-state index is 11.2. The first kappa shape index (κ1) is 10.9. The number of methoxy groups -OCH3 is 1. The van der Waals surface area contributed by atoms with Crippen molar-refractivity contribution in [3.63, 3.8) is 0 Å². The van der Waals surface area contributed by atoms with Crippen LogP contribution in [0.3, 0.4) is 0 Å². The van der Waals surface area contributed by atoms with E-state index in [2.05, 4.69) is 5.32 Å². The number of piperidine rings is 1. The molecule has 2 fully saturated rings. The van der Waals surface area contributed by atoms with Crippen LogP contribution in [0.1, 0.15) is 38.5 Å². The van der Waals surface area contributed by atoms with Crippen molar-refractivity contribution in [2.24, 2.45) is 11.8 Å². The second-order valence-corrected chi connectivity index (χ2v) is 4.93. The summed E-state index contributed by atoms with van der Waals surface area (Å²) in [6.07, 6.45) is 7.22. The van der Waals surface area contributed by atoms with E-state index >= 15 is 0 Å². The molecule has 3 atom stereocenters. The highest BCUT2D eigenvalue weighted by atomic mass is 16.5. The number of carbonyl (C=O) groups is 1. The van der Waals surface area contributed by atoms with Gasteiger partial charge in [-0.3, -0.25) is 4.79 Å². The first-order chi connectivity index (χ1) is 7.29. The summed E-state index contributed by atoms with van der Waals surface area (Å²) in [6, 6.07) is 0.358. The molecule has 0 bridgehead atoms. The average Bonchev–Trinajstić information content (AvgIpc) is 2.29. The smallest absolute Gasteiger partial charge is 0.307 e. The Labute approximate surface area is 91.6 Å². The molecule has 0 unspecified atom stereocenters.